The standard InChI is InChI=1S/C15H19F3N2O2S/c1-9-2-5-13(23-8-15(16,17)18)11(6-9)20-14(21)12-4-3-10(7-19)22-12/h2,5-6,10,12H,3-4,7-8,19H2,1H3,(H,20,21)/t10-,12+/m1/s1. The van der Waals surface area contributed by atoms with Gasteiger partial charge in [0.15, 0.2) is 0 Å². The third-order valence-electron chi connectivity index (χ3n) is 3.45. The molecule has 8 heteroatoms. The summed E-state index contributed by atoms with van der Waals surface area (Å²) in [5.41, 5.74) is 6.74. The molecule has 0 spiro atoms. The van der Waals surface area contributed by atoms with Crippen molar-refractivity contribution in [2.75, 3.05) is 17.6 Å². The molecule has 1 heterocycles. The molecule has 3 N–H and O–H groups in total. The van der Waals surface area contributed by atoms with E-state index >= 15 is 0 Å². The lowest BCUT2D eigenvalue weighted by Gasteiger charge is -2.16. The first-order chi connectivity index (χ1) is 10.8. The minimum Gasteiger partial charge on any atom is -0.364 e. The second-order valence-electron chi connectivity index (χ2n) is 5.45. The molecule has 0 bridgehead atoms. The van der Waals surface area contributed by atoms with Gasteiger partial charge in [0.05, 0.1) is 17.5 Å². The van der Waals surface area contributed by atoms with Crippen LogP contribution in [0, 0.1) is 6.92 Å². The lowest BCUT2D eigenvalue weighted by Crippen LogP contribution is -2.30. The Morgan fingerprint density at radius 3 is 2.78 bits per heavy atom. The number of ether oxygens (including phenoxy) is 1. The van der Waals surface area contributed by atoms with Gasteiger partial charge in [-0.05, 0) is 37.5 Å². The quantitative estimate of drug-likeness (QED) is 0.803. The van der Waals surface area contributed by atoms with E-state index in [2.05, 4.69) is 5.32 Å². The third-order valence-corrected chi connectivity index (χ3v) is 4.59. The van der Waals surface area contributed by atoms with Crippen molar-refractivity contribution in [2.24, 2.45) is 5.73 Å². The van der Waals surface area contributed by atoms with E-state index in [4.69, 9.17) is 10.5 Å². The van der Waals surface area contributed by atoms with Crippen LogP contribution in [0.3, 0.4) is 0 Å². The van der Waals surface area contributed by atoms with Crippen molar-refractivity contribution in [1.82, 2.24) is 0 Å². The summed E-state index contributed by atoms with van der Waals surface area (Å²) in [7, 11) is 0. The summed E-state index contributed by atoms with van der Waals surface area (Å²) in [6.07, 6.45) is -3.74. The Hall–Kier alpha value is -1.25. The molecule has 0 aliphatic carbocycles. The molecule has 1 aromatic carbocycles. The Morgan fingerprint density at radius 1 is 1.43 bits per heavy atom. The first-order valence-corrected chi connectivity index (χ1v) is 8.23. The number of benzene rings is 1. The number of halogens is 3. The number of anilines is 1. The number of carbonyl (C=O) groups is 1. The molecule has 0 unspecified atom stereocenters. The maximum atomic E-state index is 12.4. The van der Waals surface area contributed by atoms with Crippen LogP contribution in [-0.2, 0) is 9.53 Å². The van der Waals surface area contributed by atoms with Gasteiger partial charge in [0.25, 0.3) is 5.91 Å². The normalized spacial score (nSPS) is 21.4. The van der Waals surface area contributed by atoms with E-state index in [1.165, 1.54) is 0 Å². The Morgan fingerprint density at radius 2 is 2.17 bits per heavy atom. The Labute approximate surface area is 136 Å². The van der Waals surface area contributed by atoms with Crippen LogP contribution < -0.4 is 11.1 Å². The molecular formula is C15H19F3N2O2S. The van der Waals surface area contributed by atoms with Gasteiger partial charge in [-0.15, -0.1) is 11.8 Å². The number of rotatable bonds is 5. The number of aryl methyl sites for hydroxylation is 1. The Balaban J connectivity index is 2.06. The van der Waals surface area contributed by atoms with Gasteiger partial charge in [0, 0.05) is 11.4 Å². The monoisotopic (exact) mass is 348 g/mol. The summed E-state index contributed by atoms with van der Waals surface area (Å²) in [4.78, 5) is 12.6. The van der Waals surface area contributed by atoms with E-state index in [0.717, 1.165) is 5.56 Å². The SMILES string of the molecule is Cc1ccc(SCC(F)(F)F)c(NC(=O)[C@@H]2CC[C@H](CN)O2)c1. The average Bonchev–Trinajstić information content (AvgIpc) is 2.94. The minimum absolute atomic E-state index is 0.137. The summed E-state index contributed by atoms with van der Waals surface area (Å²) >= 11 is 0.652. The van der Waals surface area contributed by atoms with Crippen LogP contribution in [-0.4, -0.2) is 36.6 Å². The number of nitrogens with one attached hydrogen (secondary N) is 1. The third kappa shape index (κ3) is 5.40. The molecule has 1 saturated heterocycles. The van der Waals surface area contributed by atoms with E-state index in [1.54, 1.807) is 18.2 Å². The first-order valence-electron chi connectivity index (χ1n) is 7.25. The van der Waals surface area contributed by atoms with Gasteiger partial charge >= 0.3 is 6.18 Å². The zero-order valence-corrected chi connectivity index (χ0v) is 13.5. The highest BCUT2D eigenvalue weighted by atomic mass is 32.2. The molecule has 2 rings (SSSR count). The van der Waals surface area contributed by atoms with Gasteiger partial charge in [-0.25, -0.2) is 0 Å². The van der Waals surface area contributed by atoms with E-state index in [0.29, 0.717) is 41.7 Å². The van der Waals surface area contributed by atoms with E-state index in [9.17, 15) is 18.0 Å². The molecule has 1 aliphatic heterocycles. The molecule has 1 amide bonds. The predicted molar refractivity (Wildman–Crippen MR) is 83.5 cm³/mol. The summed E-state index contributed by atoms with van der Waals surface area (Å²) in [5.74, 6) is -1.35. The molecule has 1 aliphatic rings. The topological polar surface area (TPSA) is 64.4 Å². The molecule has 128 valence electrons. The van der Waals surface area contributed by atoms with Gasteiger partial charge in [0.2, 0.25) is 0 Å². The van der Waals surface area contributed by atoms with Crippen molar-refractivity contribution < 1.29 is 22.7 Å². The Kier molecular flexibility index (Phi) is 5.94. The molecule has 0 radical (unpaired) electrons. The fraction of sp³-hybridized carbons (Fsp3) is 0.533. The van der Waals surface area contributed by atoms with E-state index in [-0.39, 0.29) is 12.0 Å². The van der Waals surface area contributed by atoms with E-state index in [1.807, 2.05) is 6.92 Å². The summed E-state index contributed by atoms with van der Waals surface area (Å²) < 4.78 is 42.7. The van der Waals surface area contributed by atoms with Gasteiger partial charge in [-0.1, -0.05) is 6.07 Å². The number of thioether (sulfide) groups is 1. The fourth-order valence-corrected chi connectivity index (χ4v) is 3.06. The van der Waals surface area contributed by atoms with Crippen molar-refractivity contribution in [2.45, 2.75) is 43.0 Å². The lowest BCUT2D eigenvalue weighted by atomic mass is 10.1. The smallest absolute Gasteiger partial charge is 0.364 e. The Bertz CT molecular complexity index is 566. The molecule has 2 atom stereocenters. The van der Waals surface area contributed by atoms with Crippen LogP contribution in [0.4, 0.5) is 18.9 Å². The van der Waals surface area contributed by atoms with Gasteiger partial charge in [0.1, 0.15) is 6.10 Å². The predicted octanol–water partition coefficient (Wildman–Crippen LogP) is 3.09. The van der Waals surface area contributed by atoms with E-state index < -0.39 is 18.0 Å². The number of hydrogen-bond acceptors (Lipinski definition) is 4. The summed E-state index contributed by atoms with van der Waals surface area (Å²) in [6.45, 7) is 2.16. The molecule has 23 heavy (non-hydrogen) atoms. The lowest BCUT2D eigenvalue weighted by molar-refractivity contribution is -0.126. The molecule has 1 fully saturated rings. The van der Waals surface area contributed by atoms with Crippen LogP contribution >= 0.6 is 11.8 Å². The van der Waals surface area contributed by atoms with Crippen LogP contribution in [0.25, 0.3) is 0 Å². The molecule has 0 saturated carbocycles. The fourth-order valence-electron chi connectivity index (χ4n) is 2.31. The number of hydrogen-bond donors (Lipinski definition) is 2. The number of carbonyl (C=O) groups excluding carboxylic acids is 1. The summed E-state index contributed by atoms with van der Waals surface area (Å²) in [6, 6.07) is 4.95. The average molecular weight is 348 g/mol. The molecule has 1 aromatic rings. The first kappa shape index (κ1) is 18.1. The maximum absolute atomic E-state index is 12.4. The number of alkyl halides is 3. The van der Waals surface area contributed by atoms with Crippen LogP contribution in [0.2, 0.25) is 0 Å². The van der Waals surface area contributed by atoms with Crippen molar-refractivity contribution in [1.29, 1.82) is 0 Å². The highest BCUT2D eigenvalue weighted by Crippen LogP contribution is 2.33. The molecule has 4 nitrogen and oxygen atoms in total. The summed E-state index contributed by atoms with van der Waals surface area (Å²) in [5, 5.41) is 2.68. The largest absolute Gasteiger partial charge is 0.398 e. The second-order valence-corrected chi connectivity index (χ2v) is 6.47. The highest BCUT2D eigenvalue weighted by Gasteiger charge is 2.31. The zero-order chi connectivity index (χ0) is 17.0. The number of nitrogens with two attached hydrogens (primary N) is 1. The van der Waals surface area contributed by atoms with Gasteiger partial charge in [-0.3, -0.25) is 4.79 Å². The minimum atomic E-state index is -4.26. The van der Waals surface area contributed by atoms with Crippen molar-refractivity contribution >= 4 is 23.4 Å². The molecule has 0 aromatic heterocycles. The van der Waals surface area contributed by atoms with Crippen LogP contribution in [0.15, 0.2) is 23.1 Å². The van der Waals surface area contributed by atoms with Crippen molar-refractivity contribution in [3.63, 3.8) is 0 Å². The molecular weight excluding hydrogens is 329 g/mol. The zero-order valence-electron chi connectivity index (χ0n) is 12.7. The van der Waals surface area contributed by atoms with Crippen LogP contribution in [0.1, 0.15) is 18.4 Å². The number of amides is 1. The van der Waals surface area contributed by atoms with Gasteiger partial charge in [-0.2, -0.15) is 13.2 Å². The van der Waals surface area contributed by atoms with Crippen molar-refractivity contribution in [3.8, 4) is 0 Å². The maximum Gasteiger partial charge on any atom is 0.398 e. The van der Waals surface area contributed by atoms with Crippen LogP contribution in [0.5, 0.6) is 0 Å². The second kappa shape index (κ2) is 7.55. The van der Waals surface area contributed by atoms with Gasteiger partial charge < -0.3 is 15.8 Å². The van der Waals surface area contributed by atoms with Crippen molar-refractivity contribution in [3.05, 3.63) is 23.8 Å². The highest BCUT2D eigenvalue weighted by molar-refractivity contribution is 7.99.